The van der Waals surface area contributed by atoms with Gasteiger partial charge in [0.15, 0.2) is 0 Å². The summed E-state index contributed by atoms with van der Waals surface area (Å²) in [4.78, 5) is 4.70. The third-order valence-electron chi connectivity index (χ3n) is 23.9. The highest BCUT2D eigenvalue weighted by molar-refractivity contribution is 6.15. The fourth-order valence-electron chi connectivity index (χ4n) is 18.0. The highest BCUT2D eigenvalue weighted by Crippen LogP contribution is 2.48. The maximum absolute atomic E-state index is 6.60. The van der Waals surface area contributed by atoms with Crippen LogP contribution in [-0.2, 0) is 0 Å². The monoisotopic (exact) mass is 1530 g/mol. The van der Waals surface area contributed by atoms with Crippen LogP contribution in [0.15, 0.2) is 454 Å². The molecule has 0 N–H and O–H groups in total. The maximum atomic E-state index is 6.60. The molecule has 6 heteroatoms. The second kappa shape index (κ2) is 29.1. The van der Waals surface area contributed by atoms with Crippen molar-refractivity contribution >= 4 is 154 Å². The molecule has 4 heterocycles. The zero-order valence-electron chi connectivity index (χ0n) is 65.1. The normalized spacial score (nSPS) is 11.7. The molecule has 0 amide bonds. The van der Waals surface area contributed by atoms with E-state index in [0.717, 1.165) is 189 Å². The molecule has 0 atom stereocenters. The largest absolute Gasteiger partial charge is 0.455 e. The molecule has 0 aliphatic carbocycles. The number of furan rings is 4. The molecule has 0 saturated heterocycles. The van der Waals surface area contributed by atoms with Crippen molar-refractivity contribution in [2.45, 2.75) is 0 Å². The van der Waals surface area contributed by atoms with Gasteiger partial charge in [-0.3, -0.25) is 0 Å². The number of rotatable bonds is 13. The molecule has 562 valence electrons. The Balaban J connectivity index is 0.000000140. The van der Waals surface area contributed by atoms with Crippen LogP contribution in [0.5, 0.6) is 0 Å². The number of hydrogen-bond donors (Lipinski definition) is 0. The van der Waals surface area contributed by atoms with Gasteiger partial charge in [-0.1, -0.05) is 303 Å². The van der Waals surface area contributed by atoms with Crippen LogP contribution in [0, 0.1) is 0 Å². The molecular formula is C114H72N2O4. The summed E-state index contributed by atoms with van der Waals surface area (Å²) in [5, 5.41) is 16.2. The van der Waals surface area contributed by atoms with Gasteiger partial charge >= 0.3 is 0 Å². The average Bonchev–Trinajstić information content (AvgIpc) is 1.55. The van der Waals surface area contributed by atoms with Crippen molar-refractivity contribution in [3.63, 3.8) is 0 Å². The maximum Gasteiger partial charge on any atom is 0.143 e. The first-order valence-electron chi connectivity index (χ1n) is 40.8. The summed E-state index contributed by atoms with van der Waals surface area (Å²) in [5.74, 6) is 0. The van der Waals surface area contributed by atoms with Gasteiger partial charge in [-0.25, -0.2) is 0 Å². The molecule has 24 rings (SSSR count). The van der Waals surface area contributed by atoms with E-state index in [1.54, 1.807) is 0 Å². The molecule has 6 nitrogen and oxygen atoms in total. The summed E-state index contributed by atoms with van der Waals surface area (Å²) in [6.07, 6.45) is 0. The molecule has 0 radical (unpaired) electrons. The molecule has 4 aromatic heterocycles. The number of hydrogen-bond acceptors (Lipinski definition) is 6. The summed E-state index contributed by atoms with van der Waals surface area (Å²) in [6, 6.07) is 156. The number of para-hydroxylation sites is 8. The van der Waals surface area contributed by atoms with Gasteiger partial charge in [0.2, 0.25) is 0 Å². The Hall–Kier alpha value is -16.0. The summed E-state index contributed by atoms with van der Waals surface area (Å²) < 4.78 is 26.4. The lowest BCUT2D eigenvalue weighted by Gasteiger charge is -2.26. The fraction of sp³-hybridized carbons (Fsp3) is 0. The molecule has 0 aliphatic heterocycles. The van der Waals surface area contributed by atoms with Crippen LogP contribution in [0.1, 0.15) is 0 Å². The van der Waals surface area contributed by atoms with Gasteiger partial charge < -0.3 is 27.5 Å². The molecule has 0 saturated carbocycles. The molecule has 0 bridgehead atoms. The quantitative estimate of drug-likeness (QED) is 0.115. The Morgan fingerprint density at radius 1 is 0.133 bits per heavy atom. The van der Waals surface area contributed by atoms with E-state index >= 15 is 0 Å². The summed E-state index contributed by atoms with van der Waals surface area (Å²) in [7, 11) is 0. The number of anilines is 6. The van der Waals surface area contributed by atoms with Crippen molar-refractivity contribution in [1.29, 1.82) is 0 Å². The third kappa shape index (κ3) is 12.4. The second-order valence-corrected chi connectivity index (χ2v) is 31.0. The van der Waals surface area contributed by atoms with E-state index in [2.05, 4.69) is 398 Å². The van der Waals surface area contributed by atoms with Crippen LogP contribution in [0.3, 0.4) is 0 Å². The summed E-state index contributed by atoms with van der Waals surface area (Å²) >= 11 is 0. The third-order valence-corrected chi connectivity index (χ3v) is 23.9. The van der Waals surface area contributed by atoms with Crippen LogP contribution < -0.4 is 9.80 Å². The summed E-state index contributed by atoms with van der Waals surface area (Å²) in [6.45, 7) is 0. The predicted octanol–water partition coefficient (Wildman–Crippen LogP) is 33.0. The molecule has 0 spiro atoms. The first-order chi connectivity index (χ1) is 59.4. The van der Waals surface area contributed by atoms with Gasteiger partial charge in [-0.15, -0.1) is 0 Å². The highest BCUT2D eigenvalue weighted by Gasteiger charge is 2.23. The second-order valence-electron chi connectivity index (χ2n) is 31.0. The van der Waals surface area contributed by atoms with E-state index in [1.165, 1.54) is 43.4 Å². The highest BCUT2D eigenvalue weighted by atomic mass is 16.3. The minimum absolute atomic E-state index is 0.883. The SMILES string of the molecule is c1ccc(-c2ccc(N(c3ccc(-c4cc(-c5cccc6c5oc5ccccc56)cc(-c5cccc6c5oc5ccccc56)c4)cc3)c3ccc4ccccc4c3)cc2)cc1.c1ccc2cc(N(c3ccc(-c4cc(-c5cccc6c5oc5ccccc56)cc(-c5cccc6c5oc5ccccc56)c4)cc3)c3ccc4ccccc4c3)ccc2c1. The molecule has 120 heavy (non-hydrogen) atoms. The van der Waals surface area contributed by atoms with E-state index < -0.39 is 0 Å². The van der Waals surface area contributed by atoms with E-state index in [1.807, 2.05) is 48.5 Å². The van der Waals surface area contributed by atoms with E-state index in [0.29, 0.717) is 0 Å². The van der Waals surface area contributed by atoms with E-state index in [9.17, 15) is 0 Å². The minimum atomic E-state index is 0.883. The van der Waals surface area contributed by atoms with Gasteiger partial charge in [0.05, 0.1) is 0 Å². The molecule has 0 fully saturated rings. The van der Waals surface area contributed by atoms with Crippen LogP contribution in [0.2, 0.25) is 0 Å². The smallest absolute Gasteiger partial charge is 0.143 e. The van der Waals surface area contributed by atoms with Gasteiger partial charge in [-0.2, -0.15) is 0 Å². The van der Waals surface area contributed by atoms with Crippen molar-refractivity contribution in [2.75, 3.05) is 9.80 Å². The van der Waals surface area contributed by atoms with Gasteiger partial charge in [0.25, 0.3) is 0 Å². The van der Waals surface area contributed by atoms with E-state index in [4.69, 9.17) is 17.7 Å². The zero-order valence-corrected chi connectivity index (χ0v) is 65.1. The predicted molar refractivity (Wildman–Crippen MR) is 502 cm³/mol. The standard InChI is InChI=1S/C58H37NO2.C56H35NO2/c1-2-12-38(13-3-1)40-24-29-46(30-25-40)59(48-33-28-39-14-4-5-15-42(39)37-48)47-31-26-41(27-32-47)43-34-44(49-18-10-20-53-51-16-6-8-22-55(51)60-57(49)53)36-45(35-43)50-19-11-21-54-52-17-7-9-23-56(52)61-58(50)54;1-3-13-39-34-45(29-25-36(39)11-1)57(46-30-26-37-12-2-4-14-40(37)35-46)44-27-23-38(24-28-44)41-31-42(47-17-9-19-51-49-15-5-7-21-53(49)58-55(47)51)33-43(32-41)48-18-10-20-52-50-16-6-8-22-54(50)59-56(48)52/h1-37H;1-35H. The Kier molecular flexibility index (Phi) is 16.8. The van der Waals surface area contributed by atoms with Gasteiger partial charge in [0, 0.05) is 99.5 Å². The Morgan fingerprint density at radius 3 is 0.667 bits per heavy atom. The topological polar surface area (TPSA) is 59.0 Å². The molecule has 20 aromatic carbocycles. The number of nitrogens with zero attached hydrogens (tertiary/aromatic N) is 2. The fourth-order valence-corrected chi connectivity index (χ4v) is 18.0. The zero-order chi connectivity index (χ0) is 79.1. The molecule has 0 unspecified atom stereocenters. The lowest BCUT2D eigenvalue weighted by atomic mass is 9.92. The van der Waals surface area contributed by atoms with Crippen LogP contribution >= 0.6 is 0 Å². The Labute approximate surface area is 691 Å². The van der Waals surface area contributed by atoms with Gasteiger partial charge in [0.1, 0.15) is 44.7 Å². The summed E-state index contributed by atoms with van der Waals surface area (Å²) in [5.41, 5.74) is 28.9. The Morgan fingerprint density at radius 2 is 0.358 bits per heavy atom. The first-order valence-corrected chi connectivity index (χ1v) is 40.8. The van der Waals surface area contributed by atoms with Gasteiger partial charge in [-0.05, 0) is 221 Å². The lowest BCUT2D eigenvalue weighted by Crippen LogP contribution is -2.09. The minimum Gasteiger partial charge on any atom is -0.455 e. The first kappa shape index (κ1) is 69.5. The number of fused-ring (bicyclic) bond motifs is 15. The van der Waals surface area contributed by atoms with Crippen molar-refractivity contribution in [1.82, 2.24) is 0 Å². The van der Waals surface area contributed by atoms with Crippen molar-refractivity contribution in [2.24, 2.45) is 0 Å². The van der Waals surface area contributed by atoms with Crippen LogP contribution in [-0.4, -0.2) is 0 Å². The van der Waals surface area contributed by atoms with Crippen LogP contribution in [0.25, 0.3) is 198 Å². The van der Waals surface area contributed by atoms with Crippen molar-refractivity contribution in [3.8, 4) is 77.9 Å². The van der Waals surface area contributed by atoms with Crippen molar-refractivity contribution < 1.29 is 17.7 Å². The number of benzene rings is 20. The van der Waals surface area contributed by atoms with Crippen LogP contribution in [0.4, 0.5) is 34.1 Å². The van der Waals surface area contributed by atoms with E-state index in [-0.39, 0.29) is 0 Å². The lowest BCUT2D eigenvalue weighted by molar-refractivity contribution is 0.669. The molecule has 24 aromatic rings. The molecule has 0 aliphatic rings. The average molecular weight is 1530 g/mol. The van der Waals surface area contributed by atoms with Crippen molar-refractivity contribution in [3.05, 3.63) is 437 Å². The Bertz CT molecular complexity index is 7760. The molecular weight excluding hydrogens is 1460 g/mol.